The van der Waals surface area contributed by atoms with Crippen molar-refractivity contribution in [3.63, 3.8) is 0 Å². The third kappa shape index (κ3) is 3.24. The van der Waals surface area contributed by atoms with E-state index in [1.165, 1.54) is 11.4 Å². The second-order valence-corrected chi connectivity index (χ2v) is 7.11. The van der Waals surface area contributed by atoms with Gasteiger partial charge in [0.05, 0.1) is 23.3 Å². The molecule has 0 spiro atoms. The van der Waals surface area contributed by atoms with E-state index in [9.17, 15) is 10.5 Å². The molecule has 0 atom stereocenters. The van der Waals surface area contributed by atoms with Gasteiger partial charge in [0.25, 0.3) is 0 Å². The van der Waals surface area contributed by atoms with Crippen molar-refractivity contribution in [1.29, 1.82) is 10.5 Å². The van der Waals surface area contributed by atoms with Gasteiger partial charge in [0.2, 0.25) is 0 Å². The zero-order valence-electron chi connectivity index (χ0n) is 15.9. The molecule has 1 saturated heterocycles. The van der Waals surface area contributed by atoms with E-state index in [1.54, 1.807) is 0 Å². The topological polar surface area (TPSA) is 54.1 Å². The van der Waals surface area contributed by atoms with E-state index in [-0.39, 0.29) is 0 Å². The summed E-state index contributed by atoms with van der Waals surface area (Å²) in [7, 11) is 0. The van der Waals surface area contributed by atoms with Crippen LogP contribution in [-0.2, 0) is 0 Å². The van der Waals surface area contributed by atoms with Crippen molar-refractivity contribution >= 4 is 11.4 Å². The minimum atomic E-state index is 0.788. The number of piperazine rings is 1. The molecule has 0 N–H and O–H groups in total. The van der Waals surface area contributed by atoms with Crippen LogP contribution in [0.3, 0.4) is 0 Å². The third-order valence-electron chi connectivity index (χ3n) is 5.27. The number of nitriles is 2. The van der Waals surface area contributed by atoms with E-state index in [4.69, 9.17) is 0 Å². The second-order valence-electron chi connectivity index (χ2n) is 7.11. The van der Waals surface area contributed by atoms with E-state index in [0.717, 1.165) is 59.6 Å². The highest BCUT2D eigenvalue weighted by Gasteiger charge is 2.20. The number of aryl methyl sites for hydroxylation is 4. The molecule has 1 fully saturated rings. The maximum atomic E-state index is 9.25. The molecule has 0 unspecified atom stereocenters. The molecular formula is C22H24N4. The van der Waals surface area contributed by atoms with Crippen molar-refractivity contribution in [3.8, 4) is 12.1 Å². The van der Waals surface area contributed by atoms with Crippen molar-refractivity contribution in [2.24, 2.45) is 0 Å². The van der Waals surface area contributed by atoms with Gasteiger partial charge in [-0.15, -0.1) is 0 Å². The van der Waals surface area contributed by atoms with Crippen LogP contribution >= 0.6 is 0 Å². The normalized spacial score (nSPS) is 14.1. The lowest BCUT2D eigenvalue weighted by atomic mass is 10.0. The van der Waals surface area contributed by atoms with E-state index in [1.807, 2.05) is 27.7 Å². The SMILES string of the molecule is Cc1cc(N2CCN(c3cc(C)c(C#N)c(C)c3)CC2)cc(C)c1C#N. The molecule has 0 bridgehead atoms. The van der Waals surface area contributed by atoms with Gasteiger partial charge in [-0.1, -0.05) is 0 Å². The molecule has 1 aliphatic heterocycles. The Morgan fingerprint density at radius 1 is 0.615 bits per heavy atom. The molecule has 1 heterocycles. The Hall–Kier alpha value is -2.98. The van der Waals surface area contributed by atoms with Crippen molar-refractivity contribution in [3.05, 3.63) is 57.6 Å². The minimum Gasteiger partial charge on any atom is -0.368 e. The first kappa shape index (κ1) is 17.8. The van der Waals surface area contributed by atoms with Crippen LogP contribution in [0.4, 0.5) is 11.4 Å². The van der Waals surface area contributed by atoms with E-state index >= 15 is 0 Å². The quantitative estimate of drug-likeness (QED) is 0.826. The summed E-state index contributed by atoms with van der Waals surface area (Å²) >= 11 is 0. The standard InChI is InChI=1S/C22H24N4/c1-15-9-19(10-16(2)21(15)13-23)25-5-7-26(8-6-25)20-11-17(3)22(14-24)18(4)12-20/h9-12H,5-8H2,1-4H3. The Morgan fingerprint density at radius 3 is 1.12 bits per heavy atom. The third-order valence-corrected chi connectivity index (χ3v) is 5.27. The maximum absolute atomic E-state index is 9.25. The largest absolute Gasteiger partial charge is 0.368 e. The molecular weight excluding hydrogens is 320 g/mol. The van der Waals surface area contributed by atoms with Crippen molar-refractivity contribution in [2.45, 2.75) is 27.7 Å². The highest BCUT2D eigenvalue weighted by atomic mass is 15.3. The summed E-state index contributed by atoms with van der Waals surface area (Å²) in [5.41, 5.74) is 8.15. The molecule has 2 aromatic carbocycles. The predicted octanol–water partition coefficient (Wildman–Crippen LogP) is 3.99. The van der Waals surface area contributed by atoms with Gasteiger partial charge in [0.15, 0.2) is 0 Å². The smallest absolute Gasteiger partial charge is 0.0997 e. The lowest BCUT2D eigenvalue weighted by Crippen LogP contribution is -2.46. The Balaban J connectivity index is 1.76. The first-order valence-electron chi connectivity index (χ1n) is 8.97. The van der Waals surface area contributed by atoms with Crippen LogP contribution in [-0.4, -0.2) is 26.2 Å². The summed E-state index contributed by atoms with van der Waals surface area (Å²) in [6.07, 6.45) is 0. The van der Waals surface area contributed by atoms with Gasteiger partial charge >= 0.3 is 0 Å². The Labute approximate surface area is 155 Å². The number of nitrogens with zero attached hydrogens (tertiary/aromatic N) is 4. The number of hydrogen-bond acceptors (Lipinski definition) is 4. The van der Waals surface area contributed by atoms with Crippen LogP contribution in [0.2, 0.25) is 0 Å². The van der Waals surface area contributed by atoms with Gasteiger partial charge in [0.1, 0.15) is 0 Å². The summed E-state index contributed by atoms with van der Waals surface area (Å²) in [6, 6.07) is 13.1. The van der Waals surface area contributed by atoms with E-state index < -0.39 is 0 Å². The first-order valence-corrected chi connectivity index (χ1v) is 8.97. The number of benzene rings is 2. The molecule has 4 heteroatoms. The van der Waals surface area contributed by atoms with Gasteiger partial charge in [0, 0.05) is 37.6 Å². The van der Waals surface area contributed by atoms with Gasteiger partial charge in [-0.3, -0.25) is 0 Å². The van der Waals surface area contributed by atoms with Crippen molar-refractivity contribution in [2.75, 3.05) is 36.0 Å². The van der Waals surface area contributed by atoms with E-state index in [0.29, 0.717) is 0 Å². The summed E-state index contributed by atoms with van der Waals surface area (Å²) in [6.45, 7) is 11.8. The molecule has 0 aromatic heterocycles. The molecule has 2 aromatic rings. The molecule has 4 nitrogen and oxygen atoms in total. The molecule has 0 radical (unpaired) electrons. The molecule has 26 heavy (non-hydrogen) atoms. The summed E-state index contributed by atoms with van der Waals surface area (Å²) < 4.78 is 0. The van der Waals surface area contributed by atoms with Gasteiger partial charge in [-0.05, 0) is 74.2 Å². The average molecular weight is 344 g/mol. The van der Waals surface area contributed by atoms with E-state index in [2.05, 4.69) is 46.2 Å². The fourth-order valence-electron chi connectivity index (χ4n) is 3.82. The summed E-state index contributed by atoms with van der Waals surface area (Å²) in [4.78, 5) is 4.78. The van der Waals surface area contributed by atoms with Gasteiger partial charge in [-0.25, -0.2) is 0 Å². The highest BCUT2D eigenvalue weighted by Crippen LogP contribution is 2.27. The van der Waals surface area contributed by atoms with Crippen LogP contribution < -0.4 is 9.80 Å². The van der Waals surface area contributed by atoms with Gasteiger partial charge in [-0.2, -0.15) is 10.5 Å². The zero-order chi connectivity index (χ0) is 18.8. The lowest BCUT2D eigenvalue weighted by Gasteiger charge is -2.38. The summed E-state index contributed by atoms with van der Waals surface area (Å²) in [5.74, 6) is 0. The summed E-state index contributed by atoms with van der Waals surface area (Å²) in [5, 5.41) is 18.5. The van der Waals surface area contributed by atoms with Crippen LogP contribution in [0.15, 0.2) is 24.3 Å². The highest BCUT2D eigenvalue weighted by molar-refractivity contribution is 5.60. The molecule has 0 saturated carbocycles. The number of rotatable bonds is 2. The molecule has 0 aliphatic carbocycles. The number of hydrogen-bond donors (Lipinski definition) is 0. The molecule has 1 aliphatic rings. The fraction of sp³-hybridized carbons (Fsp3) is 0.364. The maximum Gasteiger partial charge on any atom is 0.0997 e. The Kier molecular flexibility index (Phi) is 4.87. The molecule has 132 valence electrons. The lowest BCUT2D eigenvalue weighted by molar-refractivity contribution is 0.653. The van der Waals surface area contributed by atoms with Crippen LogP contribution in [0.25, 0.3) is 0 Å². The molecule has 0 amide bonds. The first-order chi connectivity index (χ1) is 12.4. The second kappa shape index (κ2) is 7.10. The zero-order valence-corrected chi connectivity index (χ0v) is 15.9. The fourth-order valence-corrected chi connectivity index (χ4v) is 3.82. The van der Waals surface area contributed by atoms with Crippen LogP contribution in [0.5, 0.6) is 0 Å². The van der Waals surface area contributed by atoms with Crippen LogP contribution in [0, 0.1) is 50.4 Å². The monoisotopic (exact) mass is 344 g/mol. The van der Waals surface area contributed by atoms with Gasteiger partial charge < -0.3 is 9.80 Å². The predicted molar refractivity (Wildman–Crippen MR) is 106 cm³/mol. The van der Waals surface area contributed by atoms with Crippen molar-refractivity contribution in [1.82, 2.24) is 0 Å². The van der Waals surface area contributed by atoms with Crippen LogP contribution in [0.1, 0.15) is 33.4 Å². The Morgan fingerprint density at radius 2 is 0.885 bits per heavy atom. The number of anilines is 2. The van der Waals surface area contributed by atoms with Crippen molar-refractivity contribution < 1.29 is 0 Å². The minimum absolute atomic E-state index is 0.788. The average Bonchev–Trinajstić information content (AvgIpc) is 2.61. The Bertz CT molecular complexity index is 799. The molecule has 3 rings (SSSR count).